The number of carbonyl (C=O) groups excluding carboxylic acids is 2. The van der Waals surface area contributed by atoms with Gasteiger partial charge >= 0.3 is 5.97 Å². The third-order valence-corrected chi connectivity index (χ3v) is 4.82. The molecule has 0 saturated carbocycles. The van der Waals surface area contributed by atoms with Crippen molar-refractivity contribution >= 4 is 11.8 Å². The van der Waals surface area contributed by atoms with Crippen molar-refractivity contribution in [2.45, 2.75) is 34.3 Å². The molecule has 0 bridgehead atoms. The number of benzene rings is 2. The number of aryl methyl sites for hydroxylation is 4. The highest BCUT2D eigenvalue weighted by molar-refractivity contribution is 6.00. The van der Waals surface area contributed by atoms with Gasteiger partial charge in [0.25, 0.3) is 0 Å². The molecule has 0 atom stereocenters. The first kappa shape index (κ1) is 20.3. The summed E-state index contributed by atoms with van der Waals surface area (Å²) in [5.74, 6) is 0.171. The summed E-state index contributed by atoms with van der Waals surface area (Å²) in [6.07, 6.45) is 0. The van der Waals surface area contributed by atoms with Crippen LogP contribution in [0.1, 0.15) is 48.9 Å². The largest absolute Gasteiger partial charge is 0.488 e. The summed E-state index contributed by atoms with van der Waals surface area (Å²) in [5.41, 5.74) is 4.46. The topological polar surface area (TPSA) is 78.6 Å². The van der Waals surface area contributed by atoms with Crippen molar-refractivity contribution in [3.05, 3.63) is 81.7 Å². The van der Waals surface area contributed by atoms with E-state index in [4.69, 9.17) is 14.0 Å². The maximum Gasteiger partial charge on any atom is 0.342 e. The van der Waals surface area contributed by atoms with Crippen molar-refractivity contribution in [1.29, 1.82) is 0 Å². The molecule has 0 aliphatic rings. The molecule has 1 aromatic heterocycles. The van der Waals surface area contributed by atoms with Crippen molar-refractivity contribution in [2.75, 3.05) is 6.61 Å². The lowest BCUT2D eigenvalue weighted by Gasteiger charge is -2.11. The maximum absolute atomic E-state index is 12.5. The molecule has 0 saturated heterocycles. The monoisotopic (exact) mass is 393 g/mol. The van der Waals surface area contributed by atoms with Crippen LogP contribution in [0, 0.1) is 27.7 Å². The molecule has 0 N–H and O–H groups in total. The predicted molar refractivity (Wildman–Crippen MR) is 107 cm³/mol. The molecule has 0 spiro atoms. The van der Waals surface area contributed by atoms with E-state index in [1.165, 1.54) is 0 Å². The van der Waals surface area contributed by atoms with Crippen molar-refractivity contribution in [3.63, 3.8) is 0 Å². The molecule has 0 amide bonds. The number of Topliss-reactive ketones (excluding diaryl/α,β-unsaturated/α-hetero) is 1. The van der Waals surface area contributed by atoms with E-state index in [0.717, 1.165) is 22.4 Å². The zero-order valence-electron chi connectivity index (χ0n) is 16.9. The molecule has 0 aliphatic carbocycles. The first-order chi connectivity index (χ1) is 13.9. The lowest BCUT2D eigenvalue weighted by atomic mass is 10.0. The Morgan fingerprint density at radius 2 is 1.76 bits per heavy atom. The smallest absolute Gasteiger partial charge is 0.342 e. The molecule has 0 fully saturated rings. The van der Waals surface area contributed by atoms with Crippen LogP contribution in [0.5, 0.6) is 5.75 Å². The molecule has 3 aromatic rings. The number of ketones is 1. The van der Waals surface area contributed by atoms with Crippen LogP contribution in [0.15, 0.2) is 47.0 Å². The highest BCUT2D eigenvalue weighted by Crippen LogP contribution is 2.22. The van der Waals surface area contributed by atoms with Gasteiger partial charge in [-0.1, -0.05) is 29.4 Å². The van der Waals surface area contributed by atoms with Crippen LogP contribution < -0.4 is 4.74 Å². The quantitative estimate of drug-likeness (QED) is 0.434. The second-order valence-electron chi connectivity index (χ2n) is 6.89. The zero-order valence-corrected chi connectivity index (χ0v) is 16.9. The average molecular weight is 393 g/mol. The van der Waals surface area contributed by atoms with Gasteiger partial charge in [-0.3, -0.25) is 4.79 Å². The number of para-hydroxylation sites is 1. The molecule has 2 aromatic carbocycles. The number of esters is 1. The Bertz CT molecular complexity index is 1030. The van der Waals surface area contributed by atoms with Crippen LogP contribution in [-0.2, 0) is 11.3 Å². The third kappa shape index (κ3) is 4.71. The molecule has 150 valence electrons. The van der Waals surface area contributed by atoms with E-state index in [-0.39, 0.29) is 24.6 Å². The Labute approximate surface area is 169 Å². The normalized spacial score (nSPS) is 10.6. The fourth-order valence-electron chi connectivity index (χ4n) is 2.83. The van der Waals surface area contributed by atoms with E-state index >= 15 is 0 Å². The molecule has 0 aliphatic heterocycles. The van der Waals surface area contributed by atoms with Crippen LogP contribution >= 0.6 is 0 Å². The van der Waals surface area contributed by atoms with Gasteiger partial charge in [0.2, 0.25) is 0 Å². The Morgan fingerprint density at radius 1 is 1.00 bits per heavy atom. The Morgan fingerprint density at radius 3 is 2.45 bits per heavy atom. The second kappa shape index (κ2) is 8.73. The van der Waals surface area contributed by atoms with Gasteiger partial charge in [-0.2, -0.15) is 0 Å². The number of hydrogen-bond donors (Lipinski definition) is 0. The van der Waals surface area contributed by atoms with Gasteiger partial charge in [-0.25, -0.2) is 4.79 Å². The summed E-state index contributed by atoms with van der Waals surface area (Å²) in [7, 11) is 0. The number of carbonyl (C=O) groups is 2. The van der Waals surface area contributed by atoms with Gasteiger partial charge in [0, 0.05) is 5.56 Å². The molecule has 29 heavy (non-hydrogen) atoms. The molecule has 0 unspecified atom stereocenters. The van der Waals surface area contributed by atoms with Gasteiger partial charge in [0.1, 0.15) is 23.7 Å². The highest BCUT2D eigenvalue weighted by atomic mass is 16.5. The molecule has 6 heteroatoms. The minimum absolute atomic E-state index is 0.215. The van der Waals surface area contributed by atoms with E-state index in [1.807, 2.05) is 26.8 Å². The fourth-order valence-corrected chi connectivity index (χ4v) is 2.83. The molecule has 0 radical (unpaired) electrons. The Hall–Kier alpha value is -3.41. The van der Waals surface area contributed by atoms with Crippen molar-refractivity contribution in [3.8, 4) is 5.75 Å². The van der Waals surface area contributed by atoms with Crippen LogP contribution in [0.4, 0.5) is 0 Å². The number of hydrogen-bond acceptors (Lipinski definition) is 6. The summed E-state index contributed by atoms with van der Waals surface area (Å²) in [4.78, 5) is 24.9. The first-order valence-electron chi connectivity index (χ1n) is 9.28. The summed E-state index contributed by atoms with van der Waals surface area (Å²) in [5, 5.41) is 3.89. The van der Waals surface area contributed by atoms with Crippen LogP contribution in [-0.4, -0.2) is 23.5 Å². The van der Waals surface area contributed by atoms with Crippen LogP contribution in [0.2, 0.25) is 0 Å². The highest BCUT2D eigenvalue weighted by Gasteiger charge is 2.17. The molecular formula is C23H23NO5. The van der Waals surface area contributed by atoms with Crippen LogP contribution in [0.25, 0.3) is 0 Å². The number of ether oxygens (including phenoxy) is 2. The molecule has 3 rings (SSSR count). The summed E-state index contributed by atoms with van der Waals surface area (Å²) in [6, 6.07) is 12.2. The molecule has 6 nitrogen and oxygen atoms in total. The second-order valence-corrected chi connectivity index (χ2v) is 6.89. The van der Waals surface area contributed by atoms with Gasteiger partial charge in [0.05, 0.1) is 11.3 Å². The van der Waals surface area contributed by atoms with Crippen molar-refractivity contribution in [2.24, 2.45) is 0 Å². The average Bonchev–Trinajstić information content (AvgIpc) is 3.04. The van der Waals surface area contributed by atoms with Gasteiger partial charge < -0.3 is 14.0 Å². The lowest BCUT2D eigenvalue weighted by Crippen LogP contribution is -2.15. The van der Waals surface area contributed by atoms with Crippen molar-refractivity contribution in [1.82, 2.24) is 5.16 Å². The summed E-state index contributed by atoms with van der Waals surface area (Å²) < 4.78 is 16.2. The van der Waals surface area contributed by atoms with Gasteiger partial charge in [0.15, 0.2) is 12.4 Å². The van der Waals surface area contributed by atoms with Crippen molar-refractivity contribution < 1.29 is 23.6 Å². The van der Waals surface area contributed by atoms with E-state index in [1.54, 1.807) is 43.3 Å². The van der Waals surface area contributed by atoms with Crippen LogP contribution in [0.3, 0.4) is 0 Å². The summed E-state index contributed by atoms with van der Waals surface area (Å²) >= 11 is 0. The lowest BCUT2D eigenvalue weighted by molar-refractivity contribution is 0.0470. The fraction of sp³-hybridized carbons (Fsp3) is 0.261. The third-order valence-electron chi connectivity index (χ3n) is 4.82. The van der Waals surface area contributed by atoms with E-state index in [2.05, 4.69) is 5.16 Å². The SMILES string of the molecule is Cc1ccc(C(=O)COC(=O)c2ccccc2OCc2c(C)noc2C)cc1C. The minimum atomic E-state index is -0.614. The van der Waals surface area contributed by atoms with E-state index in [0.29, 0.717) is 17.1 Å². The first-order valence-corrected chi connectivity index (χ1v) is 9.28. The standard InChI is InChI=1S/C23H23NO5/c1-14-9-10-18(11-15(14)2)21(25)13-28-23(26)19-7-5-6-8-22(19)27-12-20-16(3)24-29-17(20)4/h5-11H,12-13H2,1-4H3. The van der Waals surface area contributed by atoms with E-state index < -0.39 is 5.97 Å². The van der Waals surface area contributed by atoms with E-state index in [9.17, 15) is 9.59 Å². The number of rotatable bonds is 7. The van der Waals surface area contributed by atoms with Gasteiger partial charge in [-0.05, 0) is 57.0 Å². The van der Waals surface area contributed by atoms with Gasteiger partial charge in [-0.15, -0.1) is 0 Å². The number of aromatic nitrogens is 1. The Kier molecular flexibility index (Phi) is 6.12. The Balaban J connectivity index is 1.66. The minimum Gasteiger partial charge on any atom is -0.488 e. The summed E-state index contributed by atoms with van der Waals surface area (Å²) in [6.45, 7) is 7.42. The predicted octanol–water partition coefficient (Wildman–Crippen LogP) is 4.53. The maximum atomic E-state index is 12.5. The number of nitrogens with zero attached hydrogens (tertiary/aromatic N) is 1. The molecule has 1 heterocycles. The zero-order chi connectivity index (χ0) is 21.0. The molecular weight excluding hydrogens is 370 g/mol.